The third-order valence-electron chi connectivity index (χ3n) is 11.8. The molecule has 1 heterocycles. The highest BCUT2D eigenvalue weighted by Crippen LogP contribution is 2.69. The molecule has 36 heavy (non-hydrogen) atoms. The van der Waals surface area contributed by atoms with Gasteiger partial charge in [0.1, 0.15) is 0 Å². The zero-order valence-corrected chi connectivity index (χ0v) is 23.2. The lowest BCUT2D eigenvalue weighted by Gasteiger charge is -2.64. The van der Waals surface area contributed by atoms with Crippen LogP contribution in [-0.4, -0.2) is 60.1 Å². The second-order valence-electron chi connectivity index (χ2n) is 13.2. The van der Waals surface area contributed by atoms with Crippen LogP contribution in [0, 0.1) is 46.3 Å². The molecule has 0 bridgehead atoms. The number of aliphatic hydroxyl groups excluding tert-OH is 2. The van der Waals surface area contributed by atoms with Gasteiger partial charge in [-0.15, -0.1) is 0 Å². The van der Waals surface area contributed by atoms with Gasteiger partial charge in [0, 0.05) is 6.54 Å². The van der Waals surface area contributed by atoms with E-state index in [0.717, 1.165) is 62.1 Å². The minimum absolute atomic E-state index is 0.0250. The number of carbonyl (C=O) groups excluding carboxylic acids is 1. The maximum atomic E-state index is 12.2. The number of ether oxygens (including phenoxy) is 1. The molecular formula is C28H47NO6S. The summed E-state index contributed by atoms with van der Waals surface area (Å²) >= 11 is 0. The SMILES string of the molecule is CC[C@H]1[C@@H](O)[C@@H]2[C@H](CC[C@]3(C)[C@@H](CCCOC(=O)N4CCCS4(=O)=O)CC[C@@H]23)[C@@]2(C)CC[C@@H](O)C[C@@H]12. The first-order valence-corrected chi connectivity index (χ1v) is 16.2. The van der Waals surface area contributed by atoms with Crippen molar-refractivity contribution in [1.82, 2.24) is 4.31 Å². The number of hydrogen-bond donors (Lipinski definition) is 2. The van der Waals surface area contributed by atoms with Crippen LogP contribution >= 0.6 is 0 Å². The molecule has 0 aromatic rings. The van der Waals surface area contributed by atoms with Crippen LogP contribution in [0.1, 0.15) is 91.4 Å². The van der Waals surface area contributed by atoms with Gasteiger partial charge in [0.05, 0.1) is 24.6 Å². The van der Waals surface area contributed by atoms with Gasteiger partial charge in [-0.05, 0) is 111 Å². The number of sulfonamides is 1. The molecule has 4 aliphatic carbocycles. The highest BCUT2D eigenvalue weighted by molar-refractivity contribution is 7.89. The first-order valence-electron chi connectivity index (χ1n) is 14.6. The number of aliphatic hydroxyl groups is 2. The van der Waals surface area contributed by atoms with E-state index < -0.39 is 16.1 Å². The number of hydrogen-bond acceptors (Lipinski definition) is 6. The minimum atomic E-state index is -3.48. The van der Waals surface area contributed by atoms with Gasteiger partial charge in [-0.1, -0.05) is 27.2 Å². The smallest absolute Gasteiger partial charge is 0.423 e. The topological polar surface area (TPSA) is 104 Å². The molecule has 1 aliphatic heterocycles. The Morgan fingerprint density at radius 1 is 1.03 bits per heavy atom. The number of fused-ring (bicyclic) bond motifs is 5. The lowest BCUT2D eigenvalue weighted by Crippen LogP contribution is -2.62. The molecule has 4 saturated carbocycles. The molecule has 1 amide bonds. The van der Waals surface area contributed by atoms with E-state index >= 15 is 0 Å². The fraction of sp³-hybridized carbons (Fsp3) is 0.964. The molecule has 8 heteroatoms. The third-order valence-corrected chi connectivity index (χ3v) is 13.6. The zero-order valence-electron chi connectivity index (χ0n) is 22.4. The molecular weight excluding hydrogens is 478 g/mol. The van der Waals surface area contributed by atoms with Gasteiger partial charge in [0.15, 0.2) is 0 Å². The predicted octanol–water partition coefficient (Wildman–Crippen LogP) is 4.57. The van der Waals surface area contributed by atoms with E-state index in [1.165, 1.54) is 6.42 Å². The number of nitrogens with zero attached hydrogens (tertiary/aromatic N) is 1. The van der Waals surface area contributed by atoms with Crippen molar-refractivity contribution in [3.05, 3.63) is 0 Å². The van der Waals surface area contributed by atoms with Gasteiger partial charge < -0.3 is 14.9 Å². The molecule has 5 aliphatic rings. The van der Waals surface area contributed by atoms with Gasteiger partial charge in [0.2, 0.25) is 10.0 Å². The van der Waals surface area contributed by atoms with Gasteiger partial charge >= 0.3 is 6.09 Å². The van der Waals surface area contributed by atoms with Crippen LogP contribution in [-0.2, 0) is 14.8 Å². The molecule has 0 unspecified atom stereocenters. The molecule has 7 nitrogen and oxygen atoms in total. The van der Waals surface area contributed by atoms with Crippen molar-refractivity contribution in [1.29, 1.82) is 0 Å². The van der Waals surface area contributed by atoms with Crippen LogP contribution in [0.4, 0.5) is 4.79 Å². The Morgan fingerprint density at radius 2 is 1.75 bits per heavy atom. The summed E-state index contributed by atoms with van der Waals surface area (Å²) in [4.78, 5) is 12.2. The Kier molecular flexibility index (Phi) is 7.21. The van der Waals surface area contributed by atoms with E-state index in [9.17, 15) is 23.4 Å². The predicted molar refractivity (Wildman–Crippen MR) is 137 cm³/mol. The summed E-state index contributed by atoms with van der Waals surface area (Å²) in [6, 6.07) is 0. The van der Waals surface area contributed by atoms with Crippen molar-refractivity contribution < 1.29 is 28.2 Å². The molecule has 206 valence electrons. The number of rotatable bonds is 5. The van der Waals surface area contributed by atoms with Crippen LogP contribution in [0.2, 0.25) is 0 Å². The maximum absolute atomic E-state index is 12.2. The van der Waals surface area contributed by atoms with Crippen LogP contribution in [0.25, 0.3) is 0 Å². The number of amides is 1. The molecule has 5 rings (SSSR count). The number of carbonyl (C=O) groups is 1. The first kappa shape index (κ1) is 26.7. The van der Waals surface area contributed by atoms with Crippen molar-refractivity contribution in [3.63, 3.8) is 0 Å². The summed E-state index contributed by atoms with van der Waals surface area (Å²) in [6.45, 7) is 7.62. The van der Waals surface area contributed by atoms with Crippen LogP contribution < -0.4 is 0 Å². The summed E-state index contributed by atoms with van der Waals surface area (Å²) in [5.74, 6) is 2.65. The maximum Gasteiger partial charge on any atom is 0.423 e. The fourth-order valence-corrected chi connectivity index (χ4v) is 11.3. The molecule has 5 fully saturated rings. The largest absolute Gasteiger partial charge is 0.449 e. The van der Waals surface area contributed by atoms with Gasteiger partial charge in [-0.25, -0.2) is 17.5 Å². The average molecular weight is 526 g/mol. The van der Waals surface area contributed by atoms with Crippen molar-refractivity contribution in [2.45, 2.75) is 104 Å². The van der Waals surface area contributed by atoms with Crippen LogP contribution in [0.15, 0.2) is 0 Å². The summed E-state index contributed by atoms with van der Waals surface area (Å²) in [6.07, 6.45) is 9.43. The van der Waals surface area contributed by atoms with Crippen LogP contribution in [0.3, 0.4) is 0 Å². The van der Waals surface area contributed by atoms with Crippen LogP contribution in [0.5, 0.6) is 0 Å². The van der Waals surface area contributed by atoms with Crippen molar-refractivity contribution in [2.24, 2.45) is 46.3 Å². The Labute approximate surface area is 217 Å². The van der Waals surface area contributed by atoms with Gasteiger partial charge in [-0.3, -0.25) is 0 Å². The summed E-state index contributed by atoms with van der Waals surface area (Å²) in [5.41, 5.74) is 0.410. The molecule has 0 aromatic heterocycles. The molecule has 1 saturated heterocycles. The molecule has 0 radical (unpaired) electrons. The van der Waals surface area contributed by atoms with E-state index in [4.69, 9.17) is 4.74 Å². The first-order chi connectivity index (χ1) is 17.0. The second kappa shape index (κ2) is 9.71. The van der Waals surface area contributed by atoms with E-state index in [1.54, 1.807) is 0 Å². The van der Waals surface area contributed by atoms with Crippen molar-refractivity contribution in [3.8, 4) is 0 Å². The van der Waals surface area contributed by atoms with E-state index in [2.05, 4.69) is 20.8 Å². The second-order valence-corrected chi connectivity index (χ2v) is 15.2. The molecule has 0 aromatic carbocycles. The lowest BCUT2D eigenvalue weighted by molar-refractivity contribution is -0.202. The highest BCUT2D eigenvalue weighted by Gasteiger charge is 2.64. The Bertz CT molecular complexity index is 940. The lowest BCUT2D eigenvalue weighted by atomic mass is 9.41. The van der Waals surface area contributed by atoms with E-state index in [-0.39, 0.29) is 47.9 Å². The zero-order chi connectivity index (χ0) is 25.9. The van der Waals surface area contributed by atoms with Crippen molar-refractivity contribution >= 4 is 16.1 Å². The summed E-state index contributed by atoms with van der Waals surface area (Å²) in [7, 11) is -3.48. The standard InChI is InChI=1S/C28H47NO6S/c1-4-20-23-17-19(30)10-12-28(23,3)22-11-13-27(2)18(8-9-21(27)24(22)25(20)31)7-5-15-35-26(32)29-14-6-16-36(29,33)34/h18-25,30-31H,4-17H2,1-3H3/t18-,19+,20+,21-,22-,23-,24-,25+,27+,28+/m0/s1. The quantitative estimate of drug-likeness (QED) is 0.510. The monoisotopic (exact) mass is 525 g/mol. The van der Waals surface area contributed by atoms with Crippen molar-refractivity contribution in [2.75, 3.05) is 18.9 Å². The average Bonchev–Trinajstić information content (AvgIpc) is 3.36. The Morgan fingerprint density at radius 3 is 2.44 bits per heavy atom. The summed E-state index contributed by atoms with van der Waals surface area (Å²) < 4.78 is 30.1. The summed E-state index contributed by atoms with van der Waals surface area (Å²) in [5, 5.41) is 22.2. The fourth-order valence-electron chi connectivity index (χ4n) is 9.95. The Hall–Kier alpha value is -0.860. The Balaban J connectivity index is 1.24. The normalized spacial score (nSPS) is 47.6. The minimum Gasteiger partial charge on any atom is -0.449 e. The van der Waals surface area contributed by atoms with Gasteiger partial charge in [-0.2, -0.15) is 0 Å². The highest BCUT2D eigenvalue weighted by atomic mass is 32.2. The molecule has 10 atom stereocenters. The van der Waals surface area contributed by atoms with E-state index in [0.29, 0.717) is 36.0 Å². The molecule has 2 N–H and O–H groups in total. The van der Waals surface area contributed by atoms with E-state index in [1.807, 2.05) is 0 Å². The van der Waals surface area contributed by atoms with Gasteiger partial charge in [0.25, 0.3) is 0 Å². The molecule has 0 spiro atoms. The third kappa shape index (κ3) is 4.21.